The molecule has 1 fully saturated rings. The first-order chi connectivity index (χ1) is 8.66. The summed E-state index contributed by atoms with van der Waals surface area (Å²) in [6, 6.07) is 8.24. The number of nitrogens with zero attached hydrogens (tertiary/aromatic N) is 1. The summed E-state index contributed by atoms with van der Waals surface area (Å²) in [4.78, 5) is 14.2. The first kappa shape index (κ1) is 13.8. The molecule has 1 aromatic rings. The number of carbonyl (C=O) groups is 1. The summed E-state index contributed by atoms with van der Waals surface area (Å²) >= 11 is 2.23. The van der Waals surface area contributed by atoms with E-state index in [-0.39, 0.29) is 5.91 Å². The minimum atomic E-state index is 0.0628. The Bertz CT molecular complexity index is 424. The SMILES string of the molecule is CC1CNCCN1CC(=O)Nc1ccccc1I. The van der Waals surface area contributed by atoms with Gasteiger partial charge in [-0.1, -0.05) is 12.1 Å². The molecule has 1 unspecified atom stereocenters. The number of anilines is 1. The van der Waals surface area contributed by atoms with Crippen LogP contribution in [0.1, 0.15) is 6.92 Å². The summed E-state index contributed by atoms with van der Waals surface area (Å²) in [6.45, 7) is 5.46. The van der Waals surface area contributed by atoms with Crippen molar-refractivity contribution in [2.75, 3.05) is 31.5 Å². The van der Waals surface area contributed by atoms with Crippen LogP contribution in [0.15, 0.2) is 24.3 Å². The van der Waals surface area contributed by atoms with Crippen LogP contribution in [0.25, 0.3) is 0 Å². The third-order valence-corrected chi connectivity index (χ3v) is 4.07. The molecule has 4 nitrogen and oxygen atoms in total. The molecule has 1 aromatic carbocycles. The molecule has 5 heteroatoms. The van der Waals surface area contributed by atoms with Crippen molar-refractivity contribution in [2.24, 2.45) is 0 Å². The number of hydrogen-bond donors (Lipinski definition) is 2. The second-order valence-corrected chi connectivity index (χ2v) is 5.71. The zero-order valence-electron chi connectivity index (χ0n) is 10.4. The largest absolute Gasteiger partial charge is 0.324 e. The molecule has 0 spiro atoms. The van der Waals surface area contributed by atoms with Gasteiger partial charge >= 0.3 is 0 Å². The molecule has 1 amide bonds. The highest BCUT2D eigenvalue weighted by molar-refractivity contribution is 14.1. The van der Waals surface area contributed by atoms with E-state index in [0.717, 1.165) is 28.9 Å². The summed E-state index contributed by atoms with van der Waals surface area (Å²) in [5, 5.41) is 6.29. The first-order valence-corrected chi connectivity index (χ1v) is 7.24. The van der Waals surface area contributed by atoms with Crippen molar-refractivity contribution in [3.8, 4) is 0 Å². The number of carbonyl (C=O) groups excluding carboxylic acids is 1. The van der Waals surface area contributed by atoms with Gasteiger partial charge in [-0.3, -0.25) is 9.69 Å². The van der Waals surface area contributed by atoms with E-state index >= 15 is 0 Å². The lowest BCUT2D eigenvalue weighted by atomic mass is 10.2. The Morgan fingerprint density at radius 1 is 1.56 bits per heavy atom. The number of nitrogens with one attached hydrogen (secondary N) is 2. The van der Waals surface area contributed by atoms with Crippen LogP contribution in [0, 0.1) is 3.57 Å². The highest BCUT2D eigenvalue weighted by Gasteiger charge is 2.20. The van der Waals surface area contributed by atoms with Crippen molar-refractivity contribution in [3.05, 3.63) is 27.8 Å². The quantitative estimate of drug-likeness (QED) is 0.805. The molecule has 1 saturated heterocycles. The van der Waals surface area contributed by atoms with Crippen molar-refractivity contribution in [1.82, 2.24) is 10.2 Å². The Kier molecular flexibility index (Phi) is 4.96. The molecular formula is C13H18IN3O. The van der Waals surface area contributed by atoms with Crippen molar-refractivity contribution >= 4 is 34.2 Å². The van der Waals surface area contributed by atoms with Gasteiger partial charge in [0.2, 0.25) is 5.91 Å². The first-order valence-electron chi connectivity index (χ1n) is 6.16. The zero-order valence-corrected chi connectivity index (χ0v) is 12.6. The maximum atomic E-state index is 12.0. The second kappa shape index (κ2) is 6.49. The molecule has 0 saturated carbocycles. The van der Waals surface area contributed by atoms with Crippen LogP contribution in [-0.2, 0) is 4.79 Å². The lowest BCUT2D eigenvalue weighted by Crippen LogP contribution is -2.52. The normalized spacial score (nSPS) is 20.7. The van der Waals surface area contributed by atoms with Crippen LogP contribution in [0.3, 0.4) is 0 Å². The average Bonchev–Trinajstić information content (AvgIpc) is 2.35. The van der Waals surface area contributed by atoms with Crippen LogP contribution in [-0.4, -0.2) is 43.0 Å². The van der Waals surface area contributed by atoms with Crippen molar-refractivity contribution in [1.29, 1.82) is 0 Å². The molecule has 98 valence electrons. The minimum Gasteiger partial charge on any atom is -0.324 e. The Morgan fingerprint density at radius 2 is 2.33 bits per heavy atom. The maximum Gasteiger partial charge on any atom is 0.238 e. The van der Waals surface area contributed by atoms with E-state index in [9.17, 15) is 4.79 Å². The summed E-state index contributed by atoms with van der Waals surface area (Å²) in [6.07, 6.45) is 0. The summed E-state index contributed by atoms with van der Waals surface area (Å²) in [5.74, 6) is 0.0628. The molecule has 1 heterocycles. The highest BCUT2D eigenvalue weighted by Crippen LogP contribution is 2.16. The van der Waals surface area contributed by atoms with Gasteiger partial charge < -0.3 is 10.6 Å². The van der Waals surface area contributed by atoms with Gasteiger partial charge in [0.15, 0.2) is 0 Å². The van der Waals surface area contributed by atoms with Crippen molar-refractivity contribution < 1.29 is 4.79 Å². The van der Waals surface area contributed by atoms with Gasteiger partial charge in [-0.15, -0.1) is 0 Å². The maximum absolute atomic E-state index is 12.0. The smallest absolute Gasteiger partial charge is 0.238 e. The van der Waals surface area contributed by atoms with E-state index in [2.05, 4.69) is 45.0 Å². The van der Waals surface area contributed by atoms with Gasteiger partial charge in [0.05, 0.1) is 12.2 Å². The van der Waals surface area contributed by atoms with Crippen LogP contribution in [0.2, 0.25) is 0 Å². The lowest BCUT2D eigenvalue weighted by molar-refractivity contribution is -0.118. The molecule has 0 radical (unpaired) electrons. The minimum absolute atomic E-state index is 0.0628. The molecule has 1 aliphatic rings. The average molecular weight is 359 g/mol. The summed E-state index contributed by atoms with van der Waals surface area (Å²) in [7, 11) is 0. The van der Waals surface area contributed by atoms with Gasteiger partial charge in [-0.05, 0) is 41.6 Å². The van der Waals surface area contributed by atoms with Crippen LogP contribution >= 0.6 is 22.6 Å². The van der Waals surface area contributed by atoms with Gasteiger partial charge in [-0.25, -0.2) is 0 Å². The predicted molar refractivity (Wildman–Crippen MR) is 81.7 cm³/mol. The monoisotopic (exact) mass is 359 g/mol. The summed E-state index contributed by atoms with van der Waals surface area (Å²) < 4.78 is 1.07. The fraction of sp³-hybridized carbons (Fsp3) is 0.462. The molecular weight excluding hydrogens is 341 g/mol. The molecule has 2 N–H and O–H groups in total. The van der Waals surface area contributed by atoms with Crippen LogP contribution in [0.5, 0.6) is 0 Å². The fourth-order valence-electron chi connectivity index (χ4n) is 2.05. The number of benzene rings is 1. The topological polar surface area (TPSA) is 44.4 Å². The van der Waals surface area contributed by atoms with Gasteiger partial charge in [-0.2, -0.15) is 0 Å². The van der Waals surface area contributed by atoms with Crippen LogP contribution < -0.4 is 10.6 Å². The molecule has 0 bridgehead atoms. The van der Waals surface area contributed by atoms with E-state index in [1.165, 1.54) is 0 Å². The number of amides is 1. The van der Waals surface area contributed by atoms with Gasteiger partial charge in [0.1, 0.15) is 0 Å². The molecule has 1 atom stereocenters. The Balaban J connectivity index is 1.90. The standard InChI is InChI=1S/C13H18IN3O/c1-10-8-15-6-7-17(10)9-13(18)16-12-5-3-2-4-11(12)14/h2-5,10,15H,6-9H2,1H3,(H,16,18). The number of para-hydroxylation sites is 1. The predicted octanol–water partition coefficient (Wildman–Crippen LogP) is 1.52. The van der Waals surface area contributed by atoms with E-state index in [0.29, 0.717) is 12.6 Å². The Labute approximate surface area is 121 Å². The molecule has 0 aromatic heterocycles. The van der Waals surface area contributed by atoms with E-state index in [4.69, 9.17) is 0 Å². The second-order valence-electron chi connectivity index (χ2n) is 4.55. The van der Waals surface area contributed by atoms with E-state index in [1.807, 2.05) is 24.3 Å². The van der Waals surface area contributed by atoms with Crippen molar-refractivity contribution in [2.45, 2.75) is 13.0 Å². The van der Waals surface area contributed by atoms with Gasteiger partial charge in [0.25, 0.3) is 0 Å². The van der Waals surface area contributed by atoms with E-state index in [1.54, 1.807) is 0 Å². The number of piperazine rings is 1. The van der Waals surface area contributed by atoms with Crippen molar-refractivity contribution in [3.63, 3.8) is 0 Å². The lowest BCUT2D eigenvalue weighted by Gasteiger charge is -2.33. The molecule has 0 aliphatic carbocycles. The third kappa shape index (κ3) is 3.66. The molecule has 1 aliphatic heterocycles. The van der Waals surface area contributed by atoms with Gasteiger partial charge in [0, 0.05) is 29.2 Å². The number of halogens is 1. The van der Waals surface area contributed by atoms with E-state index < -0.39 is 0 Å². The highest BCUT2D eigenvalue weighted by atomic mass is 127. The van der Waals surface area contributed by atoms with Crippen LogP contribution in [0.4, 0.5) is 5.69 Å². The zero-order chi connectivity index (χ0) is 13.0. The number of rotatable bonds is 3. The Morgan fingerprint density at radius 3 is 3.06 bits per heavy atom. The Hall–Kier alpha value is -0.660. The summed E-state index contributed by atoms with van der Waals surface area (Å²) in [5.41, 5.74) is 0.894. The third-order valence-electron chi connectivity index (χ3n) is 3.13. The molecule has 2 rings (SSSR count). The molecule has 18 heavy (non-hydrogen) atoms. The number of hydrogen-bond acceptors (Lipinski definition) is 3. The fourth-order valence-corrected chi connectivity index (χ4v) is 2.58.